The van der Waals surface area contributed by atoms with Crippen LogP contribution in [0.3, 0.4) is 0 Å². The fraction of sp³-hybridized carbons (Fsp3) is 0.636. The van der Waals surface area contributed by atoms with Crippen LogP contribution in [-0.2, 0) is 26.2 Å². The number of ether oxygens (including phenoxy) is 5. The standard InChI is InChI=1S/C33H46O12/c1-5-6-7-8-17-12-20(24-18-11-16(2)9-10-19(18)33(3,4)45-21(24)13-17)41-32-30(28(39)26(37)23(15-35)43-32)44-31-29(40)27(38)25(36)22(14-34)42-31/h9-13,22-23,25-32,34-40H,5-8,14-15H2,1-4H3/t22-,23-,25-,26-,27+,28+,29-,30-,31?,32-/m1/s1. The lowest BCUT2D eigenvalue weighted by Crippen LogP contribution is -2.65. The van der Waals surface area contributed by atoms with E-state index in [1.807, 2.05) is 51.1 Å². The van der Waals surface area contributed by atoms with E-state index in [-0.39, 0.29) is 0 Å². The number of hydrogen-bond acceptors (Lipinski definition) is 12. The van der Waals surface area contributed by atoms with Gasteiger partial charge in [-0.25, -0.2) is 0 Å². The van der Waals surface area contributed by atoms with E-state index < -0.39 is 80.2 Å². The van der Waals surface area contributed by atoms with Gasteiger partial charge in [0.05, 0.1) is 18.8 Å². The molecule has 0 amide bonds. The minimum atomic E-state index is -1.77. The molecule has 45 heavy (non-hydrogen) atoms. The molecular weight excluding hydrogens is 588 g/mol. The predicted molar refractivity (Wildman–Crippen MR) is 161 cm³/mol. The second-order valence-corrected chi connectivity index (χ2v) is 12.7. The van der Waals surface area contributed by atoms with Crippen molar-refractivity contribution in [1.29, 1.82) is 0 Å². The third kappa shape index (κ3) is 6.72. The number of rotatable bonds is 10. The molecule has 3 aliphatic heterocycles. The van der Waals surface area contributed by atoms with Crippen molar-refractivity contribution in [2.75, 3.05) is 13.2 Å². The first-order valence-corrected chi connectivity index (χ1v) is 15.6. The molecule has 2 aromatic rings. The van der Waals surface area contributed by atoms with Gasteiger partial charge in [0.25, 0.3) is 0 Å². The van der Waals surface area contributed by atoms with Crippen molar-refractivity contribution in [2.45, 2.75) is 120 Å². The normalized spacial score (nSPS) is 34.0. The molecule has 0 radical (unpaired) electrons. The molecule has 3 aliphatic rings. The van der Waals surface area contributed by atoms with Crippen LogP contribution >= 0.6 is 0 Å². The zero-order valence-corrected chi connectivity index (χ0v) is 26.1. The molecule has 0 bridgehead atoms. The molecular formula is C33H46O12. The number of hydrogen-bond donors (Lipinski definition) is 7. The smallest absolute Gasteiger partial charge is 0.229 e. The van der Waals surface area contributed by atoms with E-state index in [1.54, 1.807) is 0 Å². The first-order valence-electron chi connectivity index (χ1n) is 15.6. The zero-order chi connectivity index (χ0) is 32.6. The molecule has 3 heterocycles. The van der Waals surface area contributed by atoms with Crippen LogP contribution in [-0.4, -0.2) is 110 Å². The van der Waals surface area contributed by atoms with Gasteiger partial charge in [0, 0.05) is 5.56 Å². The van der Waals surface area contributed by atoms with E-state index in [1.165, 1.54) is 0 Å². The maximum Gasteiger partial charge on any atom is 0.229 e. The van der Waals surface area contributed by atoms with Crippen molar-refractivity contribution in [3.63, 3.8) is 0 Å². The Bertz CT molecular complexity index is 1310. The summed E-state index contributed by atoms with van der Waals surface area (Å²) in [6, 6.07) is 9.94. The maximum absolute atomic E-state index is 11.2. The van der Waals surface area contributed by atoms with Gasteiger partial charge in [0.1, 0.15) is 59.8 Å². The molecule has 12 heteroatoms. The highest BCUT2D eigenvalue weighted by molar-refractivity contribution is 5.82. The molecule has 1 unspecified atom stereocenters. The number of fused-ring (bicyclic) bond motifs is 3. The van der Waals surface area contributed by atoms with Gasteiger partial charge in [-0.3, -0.25) is 0 Å². The molecule has 250 valence electrons. The van der Waals surface area contributed by atoms with Crippen LogP contribution in [0, 0.1) is 6.92 Å². The van der Waals surface area contributed by atoms with Crippen LogP contribution in [0.4, 0.5) is 0 Å². The van der Waals surface area contributed by atoms with Crippen molar-refractivity contribution in [1.82, 2.24) is 0 Å². The van der Waals surface area contributed by atoms with Crippen molar-refractivity contribution in [2.24, 2.45) is 0 Å². The van der Waals surface area contributed by atoms with Crippen LogP contribution in [0.1, 0.15) is 56.7 Å². The predicted octanol–water partition coefficient (Wildman–Crippen LogP) is 1.03. The number of aryl methyl sites for hydroxylation is 2. The molecule has 2 fully saturated rings. The Morgan fingerprint density at radius 3 is 2.13 bits per heavy atom. The van der Waals surface area contributed by atoms with Crippen LogP contribution in [0.15, 0.2) is 30.3 Å². The van der Waals surface area contributed by atoms with Gasteiger partial charge < -0.3 is 59.4 Å². The third-order valence-corrected chi connectivity index (χ3v) is 8.86. The van der Waals surface area contributed by atoms with Crippen LogP contribution in [0.2, 0.25) is 0 Å². The topological polar surface area (TPSA) is 188 Å². The number of benzene rings is 2. The monoisotopic (exact) mass is 634 g/mol. The largest absolute Gasteiger partial charge is 0.482 e. The van der Waals surface area contributed by atoms with E-state index in [0.29, 0.717) is 17.1 Å². The number of aliphatic hydroxyl groups excluding tert-OH is 7. The van der Waals surface area contributed by atoms with Gasteiger partial charge in [-0.1, -0.05) is 43.5 Å². The minimum absolute atomic E-state index is 0.356. The number of unbranched alkanes of at least 4 members (excludes halogenated alkanes) is 2. The summed E-state index contributed by atoms with van der Waals surface area (Å²) in [7, 11) is 0. The molecule has 10 atom stereocenters. The summed E-state index contributed by atoms with van der Waals surface area (Å²) in [4.78, 5) is 0. The highest BCUT2D eigenvalue weighted by atomic mass is 16.8. The summed E-state index contributed by atoms with van der Waals surface area (Å²) < 4.78 is 30.4. The fourth-order valence-corrected chi connectivity index (χ4v) is 6.28. The zero-order valence-electron chi connectivity index (χ0n) is 26.1. The summed E-state index contributed by atoms with van der Waals surface area (Å²) in [6.45, 7) is 6.77. The van der Waals surface area contributed by atoms with Crippen LogP contribution in [0.5, 0.6) is 11.5 Å². The van der Waals surface area contributed by atoms with Gasteiger partial charge in [-0.05, 0) is 56.9 Å². The Hall–Kier alpha value is -2.36. The van der Waals surface area contributed by atoms with E-state index in [4.69, 9.17) is 23.7 Å². The van der Waals surface area contributed by atoms with E-state index >= 15 is 0 Å². The second-order valence-electron chi connectivity index (χ2n) is 12.7. The average molecular weight is 635 g/mol. The third-order valence-electron chi connectivity index (χ3n) is 8.86. The minimum Gasteiger partial charge on any atom is -0.482 e. The highest BCUT2D eigenvalue weighted by Gasteiger charge is 2.51. The van der Waals surface area contributed by atoms with Crippen molar-refractivity contribution in [3.8, 4) is 22.6 Å². The van der Waals surface area contributed by atoms with Gasteiger partial charge >= 0.3 is 0 Å². The van der Waals surface area contributed by atoms with Crippen molar-refractivity contribution in [3.05, 3.63) is 47.0 Å². The maximum atomic E-state index is 11.2. The first kappa shape index (κ1) is 34.0. The average Bonchev–Trinajstić information content (AvgIpc) is 3.00. The lowest BCUT2D eigenvalue weighted by atomic mass is 9.84. The van der Waals surface area contributed by atoms with E-state index in [2.05, 4.69) is 6.92 Å². The summed E-state index contributed by atoms with van der Waals surface area (Å²) in [5.41, 5.74) is 3.80. The molecule has 0 aromatic heterocycles. The summed E-state index contributed by atoms with van der Waals surface area (Å²) in [5.74, 6) is 0.956. The Morgan fingerprint density at radius 1 is 0.800 bits per heavy atom. The molecule has 12 nitrogen and oxygen atoms in total. The summed E-state index contributed by atoms with van der Waals surface area (Å²) >= 11 is 0. The van der Waals surface area contributed by atoms with Crippen molar-refractivity contribution >= 4 is 0 Å². The molecule has 0 aliphatic carbocycles. The molecule has 2 saturated heterocycles. The Labute approximate surface area is 262 Å². The SMILES string of the molecule is CCCCCc1cc(O[C@@H]2O[C@H](CO)[C@@H](O)[C@H](O)[C@H]2OC2O[C@H](CO)[C@@H](O)[C@H](O)[C@H]2O)c2c(c1)OC(C)(C)c1ccc(C)cc1-2. The van der Waals surface area contributed by atoms with Gasteiger partial charge in [-0.2, -0.15) is 0 Å². The van der Waals surface area contributed by atoms with E-state index in [0.717, 1.165) is 47.9 Å². The van der Waals surface area contributed by atoms with Crippen molar-refractivity contribution < 1.29 is 59.4 Å². The molecule has 0 spiro atoms. The Morgan fingerprint density at radius 2 is 1.47 bits per heavy atom. The first-order chi connectivity index (χ1) is 21.4. The molecule has 0 saturated carbocycles. The molecule has 7 N–H and O–H groups in total. The fourth-order valence-electron chi connectivity index (χ4n) is 6.28. The Balaban J connectivity index is 1.56. The quantitative estimate of drug-likeness (QED) is 0.184. The van der Waals surface area contributed by atoms with Gasteiger partial charge in [0.15, 0.2) is 12.4 Å². The summed E-state index contributed by atoms with van der Waals surface area (Å²) in [5, 5.41) is 72.7. The lowest BCUT2D eigenvalue weighted by molar-refractivity contribution is -0.357. The van der Waals surface area contributed by atoms with Gasteiger partial charge in [-0.15, -0.1) is 0 Å². The molecule has 2 aromatic carbocycles. The molecule has 5 rings (SSSR count). The van der Waals surface area contributed by atoms with E-state index in [9.17, 15) is 35.7 Å². The Kier molecular flexibility index (Phi) is 10.4. The summed E-state index contributed by atoms with van der Waals surface area (Å²) in [6.07, 6.45) is -11.8. The van der Waals surface area contributed by atoms with Crippen LogP contribution < -0.4 is 9.47 Å². The second kappa shape index (κ2) is 13.8. The number of aliphatic hydroxyl groups is 7. The lowest BCUT2D eigenvalue weighted by Gasteiger charge is -2.46. The van der Waals surface area contributed by atoms with Crippen LogP contribution in [0.25, 0.3) is 11.1 Å². The van der Waals surface area contributed by atoms with Gasteiger partial charge in [0.2, 0.25) is 6.29 Å². The highest BCUT2D eigenvalue weighted by Crippen LogP contribution is 2.51.